The third kappa shape index (κ3) is 5.57. The van der Waals surface area contributed by atoms with Crippen LogP contribution in [0.25, 0.3) is 17.5 Å². The number of halogens is 2. The molecule has 3 nitrogen and oxygen atoms in total. The van der Waals surface area contributed by atoms with E-state index < -0.39 is 5.83 Å². The van der Waals surface area contributed by atoms with Crippen molar-refractivity contribution in [1.29, 1.82) is 0 Å². The number of aromatic amines is 2. The van der Waals surface area contributed by atoms with E-state index in [1.54, 1.807) is 6.08 Å². The van der Waals surface area contributed by atoms with E-state index in [9.17, 15) is 8.78 Å². The molecule has 172 valence electrons. The van der Waals surface area contributed by atoms with E-state index in [0.29, 0.717) is 18.4 Å². The average Bonchev–Trinajstić information content (AvgIpc) is 3.26. The largest absolute Gasteiger partial charge is 0.357 e. The summed E-state index contributed by atoms with van der Waals surface area (Å²) in [4.78, 5) is 7.15. The highest BCUT2D eigenvalue weighted by Gasteiger charge is 2.26. The molecule has 0 unspecified atom stereocenters. The van der Waals surface area contributed by atoms with Gasteiger partial charge in [-0.2, -0.15) is 0 Å². The molecule has 0 fully saturated rings. The molecule has 0 aromatic carbocycles. The van der Waals surface area contributed by atoms with Gasteiger partial charge in [0.1, 0.15) is 5.83 Å². The van der Waals surface area contributed by atoms with Crippen LogP contribution in [0.3, 0.4) is 0 Å². The Balaban J connectivity index is 2.78. The van der Waals surface area contributed by atoms with Crippen LogP contribution in [0.2, 0.25) is 0 Å². The Kier molecular flexibility index (Phi) is 9.30. The molecule has 2 atom stereocenters. The molecule has 31 heavy (non-hydrogen) atoms. The number of likely N-dealkylation sites (N-methyl/N-ethyl adjacent to an activating group) is 1. The van der Waals surface area contributed by atoms with E-state index in [-0.39, 0.29) is 6.67 Å². The highest BCUT2D eigenvalue weighted by Crippen LogP contribution is 2.38. The lowest BCUT2D eigenvalue weighted by molar-refractivity contribution is 0.490. The van der Waals surface area contributed by atoms with Crippen LogP contribution in [-0.2, 0) is 19.3 Å². The van der Waals surface area contributed by atoms with Crippen molar-refractivity contribution in [1.82, 2.24) is 15.3 Å². The van der Waals surface area contributed by atoms with Crippen LogP contribution < -0.4 is 5.32 Å². The van der Waals surface area contributed by atoms with Gasteiger partial charge in [-0.15, -0.1) is 0 Å². The Labute approximate surface area is 186 Å². The van der Waals surface area contributed by atoms with Crippen LogP contribution in [0.15, 0.2) is 18.5 Å². The number of H-pyrrole nitrogens is 2. The van der Waals surface area contributed by atoms with E-state index in [4.69, 9.17) is 0 Å². The van der Waals surface area contributed by atoms with Gasteiger partial charge in [-0.3, -0.25) is 4.39 Å². The standard InChI is InChI=1S/C26H39F2N3/c1-8-16(4)24-22(15-19(9-2)29-7)26(31-23(24)13-14-27)25-20(10-3)21(18(6)30-25)12-11-17(5)28/h11-12,16,19,29-31H,5,8-10,13-15H2,1-4,6-7H3/b12-11-/t16-,19-/m0/s1. The van der Waals surface area contributed by atoms with E-state index in [1.165, 1.54) is 17.2 Å². The van der Waals surface area contributed by atoms with Crippen molar-refractivity contribution in [2.75, 3.05) is 13.7 Å². The van der Waals surface area contributed by atoms with Gasteiger partial charge in [0.2, 0.25) is 0 Å². The van der Waals surface area contributed by atoms with Crippen molar-refractivity contribution < 1.29 is 8.78 Å². The summed E-state index contributed by atoms with van der Waals surface area (Å²) >= 11 is 0. The number of alkyl halides is 1. The molecule has 0 saturated heterocycles. The minimum Gasteiger partial charge on any atom is -0.357 e. The first kappa shape index (κ1) is 25.1. The predicted molar refractivity (Wildman–Crippen MR) is 129 cm³/mol. The number of aromatic nitrogens is 2. The summed E-state index contributed by atoms with van der Waals surface area (Å²) in [5.74, 6) is -0.125. The van der Waals surface area contributed by atoms with E-state index in [2.05, 4.69) is 49.6 Å². The highest BCUT2D eigenvalue weighted by molar-refractivity contribution is 5.74. The number of hydrogen-bond acceptors (Lipinski definition) is 1. The summed E-state index contributed by atoms with van der Waals surface area (Å²) in [6.45, 7) is 13.7. The van der Waals surface area contributed by atoms with Crippen LogP contribution in [0, 0.1) is 6.92 Å². The second-order valence-corrected chi connectivity index (χ2v) is 8.37. The second kappa shape index (κ2) is 11.5. The van der Waals surface area contributed by atoms with Crippen molar-refractivity contribution in [2.45, 2.75) is 78.7 Å². The molecular weight excluding hydrogens is 392 g/mol. The van der Waals surface area contributed by atoms with Gasteiger partial charge in [-0.05, 0) is 73.9 Å². The number of aryl methyl sites for hydroxylation is 2. The summed E-state index contributed by atoms with van der Waals surface area (Å²) in [5.41, 5.74) is 8.71. The fourth-order valence-corrected chi connectivity index (χ4v) is 4.49. The van der Waals surface area contributed by atoms with Crippen molar-refractivity contribution in [2.24, 2.45) is 0 Å². The van der Waals surface area contributed by atoms with E-state index >= 15 is 0 Å². The Morgan fingerprint density at radius 1 is 1.13 bits per heavy atom. The summed E-state index contributed by atoms with van der Waals surface area (Å²) in [6, 6.07) is 0.339. The maximum atomic E-state index is 13.5. The Morgan fingerprint density at radius 2 is 1.81 bits per heavy atom. The topological polar surface area (TPSA) is 43.6 Å². The number of allylic oxidation sites excluding steroid dienone is 2. The van der Waals surface area contributed by atoms with Gasteiger partial charge in [0.05, 0.1) is 18.1 Å². The summed E-state index contributed by atoms with van der Waals surface area (Å²) in [6.07, 6.45) is 7.27. The first-order valence-corrected chi connectivity index (χ1v) is 11.5. The SMILES string of the molecule is C=C(F)/C=C\c1c(C)[nH]c(-c2[nH]c(CCF)c([C@@H](C)CC)c2C[C@H](CC)NC)c1CC. The maximum absolute atomic E-state index is 13.5. The normalized spacial score (nSPS) is 13.8. The molecule has 2 aromatic rings. The Morgan fingerprint density at radius 3 is 2.32 bits per heavy atom. The molecule has 5 heteroatoms. The predicted octanol–water partition coefficient (Wildman–Crippen LogP) is 6.94. The average molecular weight is 432 g/mol. The molecule has 0 amide bonds. The lowest BCUT2D eigenvalue weighted by Crippen LogP contribution is -2.27. The van der Waals surface area contributed by atoms with Gasteiger partial charge in [0.25, 0.3) is 0 Å². The Hall–Kier alpha value is -2.14. The zero-order chi connectivity index (χ0) is 23.1. The summed E-state index contributed by atoms with van der Waals surface area (Å²) < 4.78 is 26.8. The number of hydrogen-bond donors (Lipinski definition) is 3. The fraction of sp³-hybridized carbons (Fsp3) is 0.538. The molecule has 0 radical (unpaired) electrons. The van der Waals surface area contributed by atoms with Crippen molar-refractivity contribution in [3.63, 3.8) is 0 Å². The monoisotopic (exact) mass is 431 g/mol. The smallest absolute Gasteiger partial charge is 0.116 e. The molecule has 0 aliphatic heterocycles. The molecule has 2 heterocycles. The third-order valence-electron chi connectivity index (χ3n) is 6.41. The molecule has 0 aliphatic rings. The zero-order valence-electron chi connectivity index (χ0n) is 20.0. The first-order valence-electron chi connectivity index (χ1n) is 11.5. The zero-order valence-corrected chi connectivity index (χ0v) is 20.0. The van der Waals surface area contributed by atoms with Gasteiger partial charge in [-0.1, -0.05) is 40.3 Å². The molecule has 0 saturated carbocycles. The van der Waals surface area contributed by atoms with Gasteiger partial charge >= 0.3 is 0 Å². The molecule has 0 spiro atoms. The van der Waals surface area contributed by atoms with Crippen LogP contribution in [0.4, 0.5) is 8.78 Å². The minimum absolute atomic E-state index is 0.339. The summed E-state index contributed by atoms with van der Waals surface area (Å²) in [5, 5.41) is 3.42. The maximum Gasteiger partial charge on any atom is 0.116 e. The van der Waals surface area contributed by atoms with Crippen molar-refractivity contribution >= 4 is 6.08 Å². The van der Waals surface area contributed by atoms with Crippen molar-refractivity contribution in [3.8, 4) is 11.4 Å². The van der Waals surface area contributed by atoms with Gasteiger partial charge in [0, 0.05) is 23.9 Å². The number of rotatable bonds is 12. The van der Waals surface area contributed by atoms with Gasteiger partial charge in [0.15, 0.2) is 0 Å². The minimum atomic E-state index is -0.464. The molecule has 3 N–H and O–H groups in total. The van der Waals surface area contributed by atoms with Crippen LogP contribution >= 0.6 is 0 Å². The lowest BCUT2D eigenvalue weighted by atomic mass is 9.88. The third-order valence-corrected chi connectivity index (χ3v) is 6.41. The molecule has 0 bridgehead atoms. The van der Waals surface area contributed by atoms with Gasteiger partial charge in [-0.25, -0.2) is 4.39 Å². The first-order chi connectivity index (χ1) is 14.8. The van der Waals surface area contributed by atoms with Crippen LogP contribution in [-0.4, -0.2) is 29.7 Å². The highest BCUT2D eigenvalue weighted by atomic mass is 19.1. The quantitative estimate of drug-likeness (QED) is 0.313. The van der Waals surface area contributed by atoms with Crippen molar-refractivity contribution in [3.05, 3.63) is 52.1 Å². The Bertz CT molecular complexity index is 900. The molecule has 2 rings (SSSR count). The number of nitrogens with one attached hydrogen (secondary N) is 3. The molecule has 0 aliphatic carbocycles. The van der Waals surface area contributed by atoms with Crippen LogP contribution in [0.1, 0.15) is 80.1 Å². The second-order valence-electron chi connectivity index (χ2n) is 8.37. The fourth-order valence-electron chi connectivity index (χ4n) is 4.49. The van der Waals surface area contributed by atoms with E-state index in [1.807, 2.05) is 14.0 Å². The van der Waals surface area contributed by atoms with Gasteiger partial charge < -0.3 is 15.3 Å². The van der Waals surface area contributed by atoms with E-state index in [0.717, 1.165) is 59.6 Å². The molecule has 2 aromatic heterocycles. The lowest BCUT2D eigenvalue weighted by Gasteiger charge is -2.19. The summed E-state index contributed by atoms with van der Waals surface area (Å²) in [7, 11) is 1.99. The van der Waals surface area contributed by atoms with Crippen LogP contribution in [0.5, 0.6) is 0 Å². The molecular formula is C26H39F2N3.